The van der Waals surface area contributed by atoms with Crippen LogP contribution in [-0.2, 0) is 0 Å². The fraction of sp³-hybridized carbons (Fsp3) is 0.556. The van der Waals surface area contributed by atoms with Crippen LogP contribution in [0.1, 0.15) is 33.4 Å². The van der Waals surface area contributed by atoms with Crippen molar-refractivity contribution in [1.82, 2.24) is 9.97 Å². The molecule has 0 saturated heterocycles. The van der Waals surface area contributed by atoms with Gasteiger partial charge in [0.25, 0.3) is 0 Å². The molecule has 1 aromatic rings. The first-order valence-corrected chi connectivity index (χ1v) is 4.61. The Morgan fingerprint density at radius 2 is 1.50 bits per heavy atom. The van der Waals surface area contributed by atoms with Gasteiger partial charge in [0.1, 0.15) is 5.15 Å². The van der Waals surface area contributed by atoms with Crippen molar-refractivity contribution >= 4 is 11.6 Å². The number of hydrogen-bond donors (Lipinski definition) is 0. The minimum absolute atomic E-state index is 0.440. The summed E-state index contributed by atoms with van der Waals surface area (Å²) >= 11 is 5.44. The summed E-state index contributed by atoms with van der Waals surface area (Å²) in [5.41, 5.74) is 0.884. The molecule has 70 valence electrons. The molecule has 0 atom stereocenters. The maximum atomic E-state index is 5.44. The van der Waals surface area contributed by atoms with Crippen LogP contribution >= 0.6 is 11.6 Å². The van der Waals surface area contributed by atoms with Crippen LogP contribution in [0.3, 0.4) is 0 Å². The van der Waals surface area contributed by atoms with Gasteiger partial charge in [0.2, 0.25) is 0 Å². The molecule has 2 nitrogen and oxygen atoms in total. The normalized spacial score (nSPS) is 7.17. The fourth-order valence-electron chi connectivity index (χ4n) is 0.377. The number of nitrogens with zero attached hydrogens (tertiary/aromatic N) is 2. The van der Waals surface area contributed by atoms with Crippen molar-refractivity contribution < 1.29 is 0 Å². The molecule has 0 fully saturated rings. The van der Waals surface area contributed by atoms with Crippen LogP contribution in [-0.4, -0.2) is 9.97 Å². The summed E-state index contributed by atoms with van der Waals surface area (Å²) < 4.78 is 0. The van der Waals surface area contributed by atoms with Crippen LogP contribution in [0.2, 0.25) is 5.15 Å². The van der Waals surface area contributed by atoms with Gasteiger partial charge in [-0.25, -0.2) is 4.98 Å². The molecule has 0 aliphatic heterocycles. The highest BCUT2D eigenvalue weighted by molar-refractivity contribution is 6.29. The summed E-state index contributed by atoms with van der Waals surface area (Å²) in [6.45, 7) is 9.86. The first kappa shape index (κ1) is 13.9. The van der Waals surface area contributed by atoms with Crippen LogP contribution in [0.15, 0.2) is 12.4 Å². The largest absolute Gasteiger partial charge is 0.257 e. The third-order valence-corrected chi connectivity index (χ3v) is 0.945. The Hall–Kier alpha value is -0.630. The van der Waals surface area contributed by atoms with Crippen LogP contribution in [0.5, 0.6) is 0 Å². The quantitative estimate of drug-likeness (QED) is 0.623. The fourth-order valence-corrected chi connectivity index (χ4v) is 0.474. The third-order valence-electron chi connectivity index (χ3n) is 0.749. The molecule has 0 aromatic carbocycles. The Labute approximate surface area is 80.0 Å². The second kappa shape index (κ2) is 10.4. The lowest BCUT2D eigenvalue weighted by Gasteiger charge is -1.86. The van der Waals surface area contributed by atoms with Gasteiger partial charge in [0.05, 0.1) is 11.9 Å². The molecule has 0 N–H and O–H groups in total. The maximum Gasteiger partial charge on any atom is 0.147 e. The van der Waals surface area contributed by atoms with E-state index >= 15 is 0 Å². The van der Waals surface area contributed by atoms with E-state index in [-0.39, 0.29) is 0 Å². The second-order valence-electron chi connectivity index (χ2n) is 1.48. The molecule has 1 rings (SSSR count). The van der Waals surface area contributed by atoms with Gasteiger partial charge >= 0.3 is 0 Å². The van der Waals surface area contributed by atoms with E-state index < -0.39 is 0 Å². The monoisotopic (exact) mass is 188 g/mol. The molecule has 0 unspecified atom stereocenters. The van der Waals surface area contributed by atoms with Crippen LogP contribution in [0, 0.1) is 6.92 Å². The summed E-state index contributed by atoms with van der Waals surface area (Å²) in [4.78, 5) is 7.67. The molecule has 0 aliphatic carbocycles. The van der Waals surface area contributed by atoms with E-state index in [1.807, 2.05) is 34.6 Å². The van der Waals surface area contributed by atoms with Gasteiger partial charge < -0.3 is 0 Å². The zero-order chi connectivity index (χ0) is 9.98. The van der Waals surface area contributed by atoms with Gasteiger partial charge in [0.15, 0.2) is 0 Å². The molecule has 0 aliphatic rings. The molecule has 1 aromatic heterocycles. The number of aryl methyl sites for hydroxylation is 1. The highest BCUT2D eigenvalue weighted by Gasteiger charge is 1.84. The Bertz CT molecular complexity index is 151. The van der Waals surface area contributed by atoms with E-state index in [9.17, 15) is 0 Å². The van der Waals surface area contributed by atoms with Crippen LogP contribution in [0.25, 0.3) is 0 Å². The summed E-state index contributed by atoms with van der Waals surface area (Å²) in [6.07, 6.45) is 3.15. The van der Waals surface area contributed by atoms with E-state index in [4.69, 9.17) is 11.6 Å². The van der Waals surface area contributed by atoms with Crippen molar-refractivity contribution in [1.29, 1.82) is 0 Å². The molecule has 0 radical (unpaired) electrons. The van der Waals surface area contributed by atoms with Crippen molar-refractivity contribution in [2.45, 2.75) is 34.6 Å². The Morgan fingerprint density at radius 1 is 1.00 bits per heavy atom. The molecule has 1 heterocycles. The summed E-state index contributed by atoms with van der Waals surface area (Å²) in [5, 5.41) is 0.440. The molecular weight excluding hydrogens is 172 g/mol. The molecule has 0 bridgehead atoms. The number of halogens is 1. The zero-order valence-corrected chi connectivity index (χ0v) is 9.18. The van der Waals surface area contributed by atoms with Crippen molar-refractivity contribution in [3.8, 4) is 0 Å². The minimum atomic E-state index is 0.440. The number of hydrogen-bond acceptors (Lipinski definition) is 2. The molecule has 0 amide bonds. The highest BCUT2D eigenvalue weighted by Crippen LogP contribution is 1.98. The summed E-state index contributed by atoms with van der Waals surface area (Å²) in [6, 6.07) is 0. The van der Waals surface area contributed by atoms with Crippen LogP contribution in [0.4, 0.5) is 0 Å². The van der Waals surface area contributed by atoms with E-state index in [0.717, 1.165) is 5.69 Å². The lowest BCUT2D eigenvalue weighted by atomic mass is 10.5. The summed E-state index contributed by atoms with van der Waals surface area (Å²) in [7, 11) is 0. The maximum absolute atomic E-state index is 5.44. The lowest BCUT2D eigenvalue weighted by Crippen LogP contribution is -1.80. The second-order valence-corrected chi connectivity index (χ2v) is 1.87. The van der Waals surface area contributed by atoms with Crippen LogP contribution < -0.4 is 0 Å². The first-order valence-electron chi connectivity index (χ1n) is 4.23. The van der Waals surface area contributed by atoms with Gasteiger partial charge in [0, 0.05) is 6.20 Å². The molecule has 12 heavy (non-hydrogen) atoms. The zero-order valence-electron chi connectivity index (χ0n) is 8.43. The number of rotatable bonds is 0. The van der Waals surface area contributed by atoms with Gasteiger partial charge in [-0.05, 0) is 6.92 Å². The molecule has 3 heteroatoms. The topological polar surface area (TPSA) is 25.8 Å². The summed E-state index contributed by atoms with van der Waals surface area (Å²) in [5.74, 6) is 0. The lowest BCUT2D eigenvalue weighted by molar-refractivity contribution is 1.12. The van der Waals surface area contributed by atoms with E-state index in [1.54, 1.807) is 6.20 Å². The van der Waals surface area contributed by atoms with Crippen molar-refractivity contribution in [2.75, 3.05) is 0 Å². The van der Waals surface area contributed by atoms with Gasteiger partial charge in [-0.1, -0.05) is 39.3 Å². The van der Waals surface area contributed by atoms with E-state index in [2.05, 4.69) is 9.97 Å². The van der Waals surface area contributed by atoms with Gasteiger partial charge in [-0.15, -0.1) is 0 Å². The van der Waals surface area contributed by atoms with Crippen molar-refractivity contribution in [2.24, 2.45) is 0 Å². The van der Waals surface area contributed by atoms with Crippen molar-refractivity contribution in [3.63, 3.8) is 0 Å². The Morgan fingerprint density at radius 3 is 1.75 bits per heavy atom. The molecule has 0 saturated carbocycles. The highest BCUT2D eigenvalue weighted by atomic mass is 35.5. The van der Waals surface area contributed by atoms with E-state index in [0.29, 0.717) is 5.15 Å². The number of aromatic nitrogens is 2. The smallest absolute Gasteiger partial charge is 0.147 e. The van der Waals surface area contributed by atoms with E-state index in [1.165, 1.54) is 6.20 Å². The van der Waals surface area contributed by atoms with Crippen molar-refractivity contribution in [3.05, 3.63) is 23.2 Å². The average molecular weight is 189 g/mol. The first-order chi connectivity index (χ1) is 5.79. The standard InChI is InChI=1S/C5H5ClN2.2C2H6/c1-4-2-8-5(6)3-7-4;2*1-2/h2-3H,1H3;2*1-2H3. The molecule has 0 spiro atoms. The third kappa shape index (κ3) is 7.48. The van der Waals surface area contributed by atoms with Gasteiger partial charge in [-0.2, -0.15) is 0 Å². The molecular formula is C9H17ClN2. The average Bonchev–Trinajstić information content (AvgIpc) is 2.17. The predicted octanol–water partition coefficient (Wildman–Crippen LogP) is 3.49. The minimum Gasteiger partial charge on any atom is -0.257 e. The van der Waals surface area contributed by atoms with Gasteiger partial charge in [-0.3, -0.25) is 4.98 Å². The predicted molar refractivity (Wildman–Crippen MR) is 54.5 cm³/mol. The Kier molecular flexibility index (Phi) is 12.0. The Balaban J connectivity index is 0. The SMILES string of the molecule is CC.CC.Cc1cnc(Cl)cn1.